The van der Waals surface area contributed by atoms with Gasteiger partial charge in [0.25, 0.3) is 5.78 Å². The molecule has 3 rings (SSSR count). The van der Waals surface area contributed by atoms with Gasteiger partial charge in [-0.1, -0.05) is 12.1 Å². The Morgan fingerprint density at radius 1 is 1.00 bits per heavy atom. The molecule has 2 aromatic heterocycles. The topological polar surface area (TPSA) is 56.0 Å². The third-order valence-electron chi connectivity index (χ3n) is 1.98. The molecule has 0 aliphatic carbocycles. The zero-order valence-corrected chi connectivity index (χ0v) is 8.51. The Morgan fingerprint density at radius 2 is 1.79 bits per heavy atom. The Balaban J connectivity index is 2.65. The second-order valence-corrected chi connectivity index (χ2v) is 3.50. The number of hydrogen-bond acceptors (Lipinski definition) is 4. The highest BCUT2D eigenvalue weighted by atomic mass is 79.9. The minimum atomic E-state index is 0.496. The third kappa shape index (κ3) is 0.941. The molecular formula is C8H4BrN5. The lowest BCUT2D eigenvalue weighted by molar-refractivity contribution is 1.01. The summed E-state index contributed by atoms with van der Waals surface area (Å²) in [6.07, 6.45) is 0. The molecule has 0 saturated carbocycles. The molecule has 0 bridgehead atoms. The van der Waals surface area contributed by atoms with Crippen molar-refractivity contribution >= 4 is 32.7 Å². The molecule has 0 saturated heterocycles. The molecular weight excluding hydrogens is 246 g/mol. The van der Waals surface area contributed by atoms with Gasteiger partial charge < -0.3 is 0 Å². The molecule has 68 valence electrons. The van der Waals surface area contributed by atoms with Crippen LogP contribution in [-0.2, 0) is 0 Å². The maximum absolute atomic E-state index is 4.03. The van der Waals surface area contributed by atoms with Gasteiger partial charge >= 0.3 is 0 Å². The summed E-state index contributed by atoms with van der Waals surface area (Å²) < 4.78 is 2.45. The van der Waals surface area contributed by atoms with Gasteiger partial charge in [-0.15, -0.1) is 20.4 Å². The Morgan fingerprint density at radius 3 is 2.71 bits per heavy atom. The number of halogens is 1. The number of rotatable bonds is 0. The lowest BCUT2D eigenvalue weighted by Gasteiger charge is -1.98. The van der Waals surface area contributed by atoms with E-state index < -0.39 is 0 Å². The lowest BCUT2D eigenvalue weighted by atomic mass is 10.3. The van der Waals surface area contributed by atoms with E-state index in [0.29, 0.717) is 10.5 Å². The maximum Gasteiger partial charge on any atom is 0.275 e. The van der Waals surface area contributed by atoms with Crippen molar-refractivity contribution in [2.75, 3.05) is 0 Å². The Kier molecular flexibility index (Phi) is 1.51. The van der Waals surface area contributed by atoms with E-state index >= 15 is 0 Å². The molecule has 5 nitrogen and oxygen atoms in total. The monoisotopic (exact) mass is 249 g/mol. The van der Waals surface area contributed by atoms with Crippen LogP contribution in [0.15, 0.2) is 29.0 Å². The van der Waals surface area contributed by atoms with Crippen LogP contribution >= 0.6 is 15.9 Å². The fourth-order valence-corrected chi connectivity index (χ4v) is 1.80. The number of para-hydroxylation sites is 1. The summed E-state index contributed by atoms with van der Waals surface area (Å²) in [6, 6.07) is 7.70. The van der Waals surface area contributed by atoms with Gasteiger partial charge in [0.15, 0.2) is 0 Å². The maximum atomic E-state index is 4.03. The summed E-state index contributed by atoms with van der Waals surface area (Å²) in [5.74, 6) is 0.496. The van der Waals surface area contributed by atoms with Crippen LogP contribution in [0.4, 0.5) is 0 Å². The first-order chi connectivity index (χ1) is 6.86. The zero-order valence-electron chi connectivity index (χ0n) is 6.92. The summed E-state index contributed by atoms with van der Waals surface area (Å²) in [7, 11) is 0. The van der Waals surface area contributed by atoms with E-state index in [9.17, 15) is 0 Å². The van der Waals surface area contributed by atoms with Crippen LogP contribution in [-0.4, -0.2) is 24.8 Å². The molecule has 0 atom stereocenters. The molecule has 0 aliphatic heterocycles. The average molecular weight is 250 g/mol. The van der Waals surface area contributed by atoms with E-state index in [1.165, 1.54) is 0 Å². The van der Waals surface area contributed by atoms with Gasteiger partial charge in [0.1, 0.15) is 5.52 Å². The van der Waals surface area contributed by atoms with Crippen LogP contribution in [0, 0.1) is 0 Å². The summed E-state index contributed by atoms with van der Waals surface area (Å²) in [4.78, 5) is 0. The van der Waals surface area contributed by atoms with Crippen molar-refractivity contribution in [1.82, 2.24) is 24.8 Å². The van der Waals surface area contributed by atoms with Crippen LogP contribution in [0.1, 0.15) is 0 Å². The van der Waals surface area contributed by atoms with Crippen molar-refractivity contribution in [2.45, 2.75) is 0 Å². The molecule has 1 aromatic carbocycles. The quantitative estimate of drug-likeness (QED) is 0.605. The molecule has 0 fully saturated rings. The van der Waals surface area contributed by atoms with E-state index in [0.717, 1.165) is 11.0 Å². The van der Waals surface area contributed by atoms with Crippen molar-refractivity contribution in [3.8, 4) is 0 Å². The normalized spacial score (nSPS) is 11.2. The summed E-state index contributed by atoms with van der Waals surface area (Å²) in [5.41, 5.74) is 1.76. The molecule has 14 heavy (non-hydrogen) atoms. The van der Waals surface area contributed by atoms with Crippen LogP contribution in [0.3, 0.4) is 0 Å². The molecule has 0 radical (unpaired) electrons. The molecule has 0 spiro atoms. The predicted molar refractivity (Wildman–Crippen MR) is 53.8 cm³/mol. The lowest BCUT2D eigenvalue weighted by Crippen LogP contribution is -1.94. The highest BCUT2D eigenvalue weighted by Gasteiger charge is 2.07. The van der Waals surface area contributed by atoms with Crippen LogP contribution in [0.2, 0.25) is 0 Å². The largest absolute Gasteiger partial charge is 0.275 e. The second-order valence-electron chi connectivity index (χ2n) is 2.79. The highest BCUT2D eigenvalue weighted by Crippen LogP contribution is 2.15. The highest BCUT2D eigenvalue weighted by molar-refractivity contribution is 9.10. The SMILES string of the molecule is Brc1nnc2nnc3ccccc3n12. The van der Waals surface area contributed by atoms with Gasteiger partial charge in [-0.3, -0.25) is 4.40 Å². The number of aromatic nitrogens is 5. The molecule has 6 heteroatoms. The fourth-order valence-electron chi connectivity index (χ4n) is 1.37. The second kappa shape index (κ2) is 2.71. The first-order valence-electron chi connectivity index (χ1n) is 3.98. The van der Waals surface area contributed by atoms with Crippen LogP contribution in [0.5, 0.6) is 0 Å². The third-order valence-corrected chi connectivity index (χ3v) is 2.49. The molecule has 0 aliphatic rings. The van der Waals surface area contributed by atoms with E-state index in [-0.39, 0.29) is 0 Å². The molecule has 0 unspecified atom stereocenters. The standard InChI is InChI=1S/C8H4BrN5/c9-7-11-13-8-12-10-5-3-1-2-4-6(5)14(7)8/h1-4H. The van der Waals surface area contributed by atoms with Crippen molar-refractivity contribution in [2.24, 2.45) is 0 Å². The fraction of sp³-hybridized carbons (Fsp3) is 0. The minimum absolute atomic E-state index is 0.496. The van der Waals surface area contributed by atoms with Crippen molar-refractivity contribution in [1.29, 1.82) is 0 Å². The molecule has 0 amide bonds. The Bertz CT molecular complexity index is 617. The van der Waals surface area contributed by atoms with Crippen molar-refractivity contribution in [3.05, 3.63) is 29.0 Å². The van der Waals surface area contributed by atoms with E-state index in [4.69, 9.17) is 0 Å². The van der Waals surface area contributed by atoms with Crippen molar-refractivity contribution in [3.63, 3.8) is 0 Å². The van der Waals surface area contributed by atoms with Gasteiger partial charge in [0.2, 0.25) is 4.73 Å². The van der Waals surface area contributed by atoms with E-state index in [1.807, 2.05) is 28.7 Å². The van der Waals surface area contributed by atoms with Crippen LogP contribution in [0.25, 0.3) is 16.8 Å². The molecule has 2 heterocycles. The van der Waals surface area contributed by atoms with Gasteiger partial charge in [0.05, 0.1) is 5.52 Å². The summed E-state index contributed by atoms with van der Waals surface area (Å²) in [6.45, 7) is 0. The molecule has 3 aromatic rings. The van der Waals surface area contributed by atoms with Gasteiger partial charge in [0, 0.05) is 0 Å². The van der Waals surface area contributed by atoms with Gasteiger partial charge in [-0.2, -0.15) is 0 Å². The summed E-state index contributed by atoms with van der Waals surface area (Å²) in [5, 5.41) is 15.7. The predicted octanol–water partition coefficient (Wildman–Crippen LogP) is 1.44. The smallest absolute Gasteiger partial charge is 0.251 e. The number of benzene rings is 1. The van der Waals surface area contributed by atoms with E-state index in [2.05, 4.69) is 36.3 Å². The van der Waals surface area contributed by atoms with Gasteiger partial charge in [-0.05, 0) is 28.1 Å². The zero-order chi connectivity index (χ0) is 9.54. The Labute approximate surface area is 86.9 Å². The number of fused-ring (bicyclic) bond motifs is 3. The number of hydrogen-bond donors (Lipinski definition) is 0. The Hall–Kier alpha value is -1.56. The molecule has 0 N–H and O–H groups in total. The average Bonchev–Trinajstić information content (AvgIpc) is 2.61. The van der Waals surface area contributed by atoms with Gasteiger partial charge in [-0.25, -0.2) is 0 Å². The minimum Gasteiger partial charge on any atom is -0.251 e. The van der Waals surface area contributed by atoms with Crippen LogP contribution < -0.4 is 0 Å². The summed E-state index contributed by atoms with van der Waals surface area (Å²) >= 11 is 3.31. The van der Waals surface area contributed by atoms with Crippen molar-refractivity contribution < 1.29 is 0 Å². The first kappa shape index (κ1) is 7.81. The number of nitrogens with zero attached hydrogens (tertiary/aromatic N) is 5. The van der Waals surface area contributed by atoms with E-state index in [1.54, 1.807) is 0 Å². The first-order valence-corrected chi connectivity index (χ1v) is 4.77.